The van der Waals surface area contributed by atoms with Crippen LogP contribution in [-0.2, 0) is 11.2 Å². The van der Waals surface area contributed by atoms with Crippen molar-refractivity contribution >= 4 is 27.6 Å². The number of nitrogen functional groups attached to an aromatic ring is 1. The molecule has 0 aliphatic heterocycles. The van der Waals surface area contributed by atoms with Gasteiger partial charge >= 0.3 is 5.97 Å². The third-order valence-electron chi connectivity index (χ3n) is 1.26. The molecule has 0 aliphatic carbocycles. The fraction of sp³-hybridized carbons (Fsp3) is 0.143. The van der Waals surface area contributed by atoms with Crippen LogP contribution in [0.5, 0.6) is 0 Å². The third-order valence-corrected chi connectivity index (χ3v) is 1.94. The molecule has 0 radical (unpaired) electrons. The van der Waals surface area contributed by atoms with Crippen molar-refractivity contribution in [2.75, 3.05) is 5.73 Å². The van der Waals surface area contributed by atoms with Gasteiger partial charge in [-0.25, -0.2) is 0 Å². The molecule has 0 aliphatic rings. The van der Waals surface area contributed by atoms with Crippen molar-refractivity contribution in [1.82, 2.24) is 4.98 Å². The molecule has 64 valence electrons. The van der Waals surface area contributed by atoms with Crippen molar-refractivity contribution in [3.63, 3.8) is 0 Å². The average molecular weight is 231 g/mol. The van der Waals surface area contributed by atoms with Crippen molar-refractivity contribution in [2.45, 2.75) is 6.42 Å². The molecular weight excluding hydrogens is 224 g/mol. The molecular formula is C7H7BrN2O2. The van der Waals surface area contributed by atoms with E-state index >= 15 is 0 Å². The molecule has 5 heteroatoms. The highest BCUT2D eigenvalue weighted by atomic mass is 79.9. The molecule has 0 aromatic carbocycles. The molecule has 0 saturated carbocycles. The predicted octanol–water partition coefficient (Wildman–Crippen LogP) is 1.05. The fourth-order valence-corrected chi connectivity index (χ4v) is 1.26. The Morgan fingerprint density at radius 1 is 1.75 bits per heavy atom. The maximum Gasteiger partial charge on any atom is 0.309 e. The number of carboxylic acid groups (broad SMARTS) is 1. The molecule has 0 amide bonds. The van der Waals surface area contributed by atoms with E-state index in [1.165, 1.54) is 6.20 Å². The molecule has 0 saturated heterocycles. The summed E-state index contributed by atoms with van der Waals surface area (Å²) < 4.78 is 0.630. The van der Waals surface area contributed by atoms with Crippen LogP contribution < -0.4 is 5.73 Å². The first-order valence-corrected chi connectivity index (χ1v) is 4.00. The van der Waals surface area contributed by atoms with Gasteiger partial charge in [-0.05, 0) is 22.0 Å². The summed E-state index contributed by atoms with van der Waals surface area (Å²) in [6.07, 6.45) is 1.34. The highest BCUT2D eigenvalue weighted by Crippen LogP contribution is 2.17. The molecule has 1 heterocycles. The van der Waals surface area contributed by atoms with E-state index in [1.54, 1.807) is 6.07 Å². The number of nitrogens with two attached hydrogens (primary N) is 1. The van der Waals surface area contributed by atoms with E-state index in [9.17, 15) is 4.79 Å². The van der Waals surface area contributed by atoms with Gasteiger partial charge in [0.1, 0.15) is 0 Å². The van der Waals surface area contributed by atoms with Crippen molar-refractivity contribution in [3.8, 4) is 0 Å². The zero-order valence-electron chi connectivity index (χ0n) is 6.12. The summed E-state index contributed by atoms with van der Waals surface area (Å²) in [5.74, 6) is -0.909. The Labute approximate surface area is 77.5 Å². The van der Waals surface area contributed by atoms with E-state index in [0.717, 1.165) is 0 Å². The normalized spacial score (nSPS) is 9.75. The smallest absolute Gasteiger partial charge is 0.309 e. The Kier molecular flexibility index (Phi) is 2.65. The molecule has 3 N–H and O–H groups in total. The van der Waals surface area contributed by atoms with E-state index in [4.69, 9.17) is 10.8 Å². The topological polar surface area (TPSA) is 76.2 Å². The van der Waals surface area contributed by atoms with Crippen molar-refractivity contribution in [3.05, 3.63) is 22.4 Å². The van der Waals surface area contributed by atoms with Crippen LogP contribution in [0, 0.1) is 0 Å². The van der Waals surface area contributed by atoms with Crippen LogP contribution in [0.1, 0.15) is 5.69 Å². The van der Waals surface area contributed by atoms with Gasteiger partial charge in [0.2, 0.25) is 0 Å². The van der Waals surface area contributed by atoms with Gasteiger partial charge in [0.25, 0.3) is 0 Å². The SMILES string of the molecule is Nc1cnc(CC(=O)O)c(Br)c1. The molecule has 4 nitrogen and oxygen atoms in total. The molecule has 0 spiro atoms. The van der Waals surface area contributed by atoms with Gasteiger partial charge in [0.05, 0.1) is 24.0 Å². The van der Waals surface area contributed by atoms with Crippen LogP contribution in [-0.4, -0.2) is 16.1 Å². The zero-order valence-corrected chi connectivity index (χ0v) is 7.71. The first-order valence-electron chi connectivity index (χ1n) is 3.21. The number of anilines is 1. The van der Waals surface area contributed by atoms with Crippen LogP contribution >= 0.6 is 15.9 Å². The van der Waals surface area contributed by atoms with Crippen molar-refractivity contribution in [2.24, 2.45) is 0 Å². The summed E-state index contributed by atoms with van der Waals surface area (Å²) in [5, 5.41) is 8.47. The summed E-state index contributed by atoms with van der Waals surface area (Å²) in [6.45, 7) is 0. The molecule has 1 rings (SSSR count). The number of carboxylic acids is 1. The predicted molar refractivity (Wildman–Crippen MR) is 47.7 cm³/mol. The number of aliphatic carboxylic acids is 1. The lowest BCUT2D eigenvalue weighted by molar-refractivity contribution is -0.136. The van der Waals surface area contributed by atoms with Crippen LogP contribution in [0.2, 0.25) is 0 Å². The first-order chi connectivity index (χ1) is 5.59. The van der Waals surface area contributed by atoms with Crippen LogP contribution in [0.25, 0.3) is 0 Å². The second kappa shape index (κ2) is 3.53. The zero-order chi connectivity index (χ0) is 9.14. The minimum absolute atomic E-state index is 0.0964. The minimum Gasteiger partial charge on any atom is -0.481 e. The van der Waals surface area contributed by atoms with Gasteiger partial charge < -0.3 is 10.8 Å². The van der Waals surface area contributed by atoms with Crippen LogP contribution in [0.3, 0.4) is 0 Å². The first kappa shape index (κ1) is 8.99. The number of carbonyl (C=O) groups is 1. The third kappa shape index (κ3) is 2.20. The summed E-state index contributed by atoms with van der Waals surface area (Å²) >= 11 is 3.17. The molecule has 0 fully saturated rings. The number of pyridine rings is 1. The van der Waals surface area contributed by atoms with E-state index in [2.05, 4.69) is 20.9 Å². The monoisotopic (exact) mass is 230 g/mol. The lowest BCUT2D eigenvalue weighted by atomic mass is 10.2. The highest BCUT2D eigenvalue weighted by molar-refractivity contribution is 9.10. The second-order valence-electron chi connectivity index (χ2n) is 2.27. The summed E-state index contributed by atoms with van der Waals surface area (Å²) in [5.41, 5.74) is 6.41. The summed E-state index contributed by atoms with van der Waals surface area (Å²) in [7, 11) is 0. The Hall–Kier alpha value is -1.10. The number of hydrogen-bond acceptors (Lipinski definition) is 3. The number of rotatable bonds is 2. The van der Waals surface area contributed by atoms with Crippen molar-refractivity contribution < 1.29 is 9.90 Å². The summed E-state index contributed by atoms with van der Waals surface area (Å²) in [6, 6.07) is 1.63. The van der Waals surface area contributed by atoms with E-state index < -0.39 is 5.97 Å². The molecule has 1 aromatic rings. The second-order valence-corrected chi connectivity index (χ2v) is 3.12. The van der Waals surface area contributed by atoms with Gasteiger partial charge in [0, 0.05) is 4.47 Å². The van der Waals surface area contributed by atoms with Crippen LogP contribution in [0.15, 0.2) is 16.7 Å². The van der Waals surface area contributed by atoms with Gasteiger partial charge in [-0.2, -0.15) is 0 Å². The molecule has 0 unspecified atom stereocenters. The Morgan fingerprint density at radius 3 is 2.92 bits per heavy atom. The Bertz CT molecular complexity index is 314. The number of aromatic nitrogens is 1. The van der Waals surface area contributed by atoms with E-state index in [1.807, 2.05) is 0 Å². The van der Waals surface area contributed by atoms with E-state index in [-0.39, 0.29) is 6.42 Å². The Balaban J connectivity index is 2.93. The van der Waals surface area contributed by atoms with Gasteiger partial charge in [0.15, 0.2) is 0 Å². The van der Waals surface area contributed by atoms with Gasteiger partial charge in [-0.1, -0.05) is 0 Å². The number of nitrogens with zero attached hydrogens (tertiary/aromatic N) is 1. The minimum atomic E-state index is -0.909. The fourth-order valence-electron chi connectivity index (χ4n) is 0.754. The van der Waals surface area contributed by atoms with Gasteiger partial charge in [-0.15, -0.1) is 0 Å². The largest absolute Gasteiger partial charge is 0.481 e. The molecule has 12 heavy (non-hydrogen) atoms. The maximum absolute atomic E-state index is 10.3. The molecule has 0 atom stereocenters. The van der Waals surface area contributed by atoms with Crippen molar-refractivity contribution in [1.29, 1.82) is 0 Å². The number of halogens is 1. The molecule has 0 bridgehead atoms. The summed E-state index contributed by atoms with van der Waals surface area (Å²) in [4.78, 5) is 14.2. The standard InChI is InChI=1S/C7H7BrN2O2/c8-5-1-4(9)3-10-6(5)2-7(11)12/h1,3H,2,9H2,(H,11,12). The molecule has 1 aromatic heterocycles. The van der Waals surface area contributed by atoms with Crippen LogP contribution in [0.4, 0.5) is 5.69 Å². The maximum atomic E-state index is 10.3. The lowest BCUT2D eigenvalue weighted by Gasteiger charge is -2.00. The van der Waals surface area contributed by atoms with E-state index in [0.29, 0.717) is 15.9 Å². The lowest BCUT2D eigenvalue weighted by Crippen LogP contribution is -2.03. The quantitative estimate of drug-likeness (QED) is 0.797. The Morgan fingerprint density at radius 2 is 2.42 bits per heavy atom. The number of hydrogen-bond donors (Lipinski definition) is 2. The van der Waals surface area contributed by atoms with Gasteiger partial charge in [-0.3, -0.25) is 9.78 Å². The average Bonchev–Trinajstić information content (AvgIpc) is 1.94. The highest BCUT2D eigenvalue weighted by Gasteiger charge is 2.06.